The maximum absolute atomic E-state index is 5.69. The molecule has 0 fully saturated rings. The highest BCUT2D eigenvalue weighted by molar-refractivity contribution is 6.01. The number of rotatable bonds is 5. The maximum atomic E-state index is 5.69. The molecule has 2 rings (SSSR count). The number of likely N-dealkylation sites (N-methyl/N-ethyl adjacent to an activating group) is 1. The number of ether oxygens (including phenoxy) is 1. The molecule has 0 radical (unpaired) electrons. The van der Waals surface area contributed by atoms with Crippen LogP contribution in [0.15, 0.2) is 23.3 Å². The normalized spacial score (nSPS) is 14.6. The number of aromatic nitrogens is 1. The molecule has 0 bridgehead atoms. The molecule has 0 atom stereocenters. The standard InChI is InChI=1S/C12H18N4O/c1-16(2)8-9-17-12-10(4-3-5-15-12)11-13-6-7-14-11/h3-5H,6-9H2,1-2H3,(H,13,14). The fourth-order valence-corrected chi connectivity index (χ4v) is 1.59. The summed E-state index contributed by atoms with van der Waals surface area (Å²) in [5.41, 5.74) is 0.948. The van der Waals surface area contributed by atoms with Gasteiger partial charge < -0.3 is 15.0 Å². The van der Waals surface area contributed by atoms with E-state index in [2.05, 4.69) is 20.2 Å². The van der Waals surface area contributed by atoms with Crippen molar-refractivity contribution in [3.05, 3.63) is 23.9 Å². The topological polar surface area (TPSA) is 49.8 Å². The molecule has 1 aromatic rings. The summed E-state index contributed by atoms with van der Waals surface area (Å²) in [7, 11) is 4.04. The van der Waals surface area contributed by atoms with E-state index in [9.17, 15) is 0 Å². The van der Waals surface area contributed by atoms with Crippen molar-refractivity contribution in [1.29, 1.82) is 0 Å². The highest BCUT2D eigenvalue weighted by Crippen LogP contribution is 2.15. The van der Waals surface area contributed by atoms with Crippen molar-refractivity contribution in [2.45, 2.75) is 0 Å². The fourth-order valence-electron chi connectivity index (χ4n) is 1.59. The molecule has 0 amide bonds. The van der Waals surface area contributed by atoms with Gasteiger partial charge in [0.1, 0.15) is 12.4 Å². The molecule has 92 valence electrons. The van der Waals surface area contributed by atoms with Crippen molar-refractivity contribution in [3.8, 4) is 5.88 Å². The largest absolute Gasteiger partial charge is 0.476 e. The van der Waals surface area contributed by atoms with Gasteiger partial charge in [-0.05, 0) is 26.2 Å². The van der Waals surface area contributed by atoms with E-state index in [0.29, 0.717) is 12.5 Å². The third-order valence-corrected chi connectivity index (χ3v) is 2.48. The Morgan fingerprint density at radius 2 is 2.35 bits per heavy atom. The molecule has 17 heavy (non-hydrogen) atoms. The molecule has 2 heterocycles. The minimum absolute atomic E-state index is 0.629. The first-order valence-electron chi connectivity index (χ1n) is 5.78. The summed E-state index contributed by atoms with van der Waals surface area (Å²) in [6.45, 7) is 3.21. The van der Waals surface area contributed by atoms with E-state index < -0.39 is 0 Å². The Bertz CT molecular complexity index is 403. The van der Waals surface area contributed by atoms with E-state index in [-0.39, 0.29) is 0 Å². The minimum Gasteiger partial charge on any atom is -0.476 e. The molecule has 0 spiro atoms. The van der Waals surface area contributed by atoms with Crippen LogP contribution in [-0.4, -0.2) is 56.1 Å². The van der Waals surface area contributed by atoms with Gasteiger partial charge in [0.25, 0.3) is 0 Å². The summed E-state index contributed by atoms with van der Waals surface area (Å²) in [5.74, 6) is 1.54. The van der Waals surface area contributed by atoms with Gasteiger partial charge in [-0.25, -0.2) is 4.98 Å². The number of hydrogen-bond donors (Lipinski definition) is 1. The first-order valence-corrected chi connectivity index (χ1v) is 5.78. The molecule has 0 aliphatic carbocycles. The lowest BCUT2D eigenvalue weighted by atomic mass is 10.2. The van der Waals surface area contributed by atoms with Gasteiger partial charge in [-0.1, -0.05) is 0 Å². The maximum Gasteiger partial charge on any atom is 0.224 e. The minimum atomic E-state index is 0.629. The molecule has 1 N–H and O–H groups in total. The molecule has 1 aliphatic heterocycles. The third-order valence-electron chi connectivity index (χ3n) is 2.48. The van der Waals surface area contributed by atoms with Crippen LogP contribution in [0, 0.1) is 0 Å². The van der Waals surface area contributed by atoms with E-state index in [1.54, 1.807) is 6.20 Å². The number of hydrogen-bond acceptors (Lipinski definition) is 5. The Balaban J connectivity index is 2.05. The summed E-state index contributed by atoms with van der Waals surface area (Å²) in [4.78, 5) is 10.7. The van der Waals surface area contributed by atoms with Crippen LogP contribution < -0.4 is 10.1 Å². The zero-order valence-electron chi connectivity index (χ0n) is 10.3. The SMILES string of the molecule is CN(C)CCOc1ncccc1C1=NCCN1. The van der Waals surface area contributed by atoms with E-state index in [1.165, 1.54) is 0 Å². The van der Waals surface area contributed by atoms with E-state index >= 15 is 0 Å². The van der Waals surface area contributed by atoms with E-state index in [4.69, 9.17) is 4.74 Å². The van der Waals surface area contributed by atoms with Crippen molar-refractivity contribution >= 4 is 5.84 Å². The highest BCUT2D eigenvalue weighted by Gasteiger charge is 2.14. The van der Waals surface area contributed by atoms with Crippen LogP contribution in [0.3, 0.4) is 0 Å². The van der Waals surface area contributed by atoms with Crippen molar-refractivity contribution < 1.29 is 4.74 Å². The Morgan fingerprint density at radius 1 is 1.47 bits per heavy atom. The van der Waals surface area contributed by atoms with Crippen molar-refractivity contribution in [3.63, 3.8) is 0 Å². The van der Waals surface area contributed by atoms with E-state index in [1.807, 2.05) is 26.2 Å². The second-order valence-electron chi connectivity index (χ2n) is 4.16. The number of pyridine rings is 1. The average molecular weight is 234 g/mol. The smallest absolute Gasteiger partial charge is 0.224 e. The molecule has 0 aromatic carbocycles. The first-order chi connectivity index (χ1) is 8.27. The first kappa shape index (κ1) is 11.9. The summed E-state index contributed by atoms with van der Waals surface area (Å²) in [6, 6.07) is 3.88. The molecule has 0 saturated heterocycles. The van der Waals surface area contributed by atoms with Gasteiger partial charge in [0.15, 0.2) is 0 Å². The van der Waals surface area contributed by atoms with Gasteiger partial charge in [0.05, 0.1) is 12.1 Å². The number of amidine groups is 1. The third kappa shape index (κ3) is 3.17. The summed E-state index contributed by atoms with van der Waals surface area (Å²) < 4.78 is 5.69. The average Bonchev–Trinajstić information content (AvgIpc) is 2.82. The zero-order valence-corrected chi connectivity index (χ0v) is 10.3. The van der Waals surface area contributed by atoms with Crippen LogP contribution in [0.5, 0.6) is 5.88 Å². The molecular formula is C12H18N4O. The van der Waals surface area contributed by atoms with Crippen LogP contribution in [0.25, 0.3) is 0 Å². The van der Waals surface area contributed by atoms with E-state index in [0.717, 1.165) is 31.0 Å². The number of nitrogens with one attached hydrogen (secondary N) is 1. The molecule has 5 heteroatoms. The van der Waals surface area contributed by atoms with Crippen molar-refractivity contribution in [2.75, 3.05) is 40.3 Å². The molecule has 5 nitrogen and oxygen atoms in total. The van der Waals surface area contributed by atoms with Gasteiger partial charge in [-0.3, -0.25) is 4.99 Å². The van der Waals surface area contributed by atoms with Gasteiger partial charge in [-0.2, -0.15) is 0 Å². The monoisotopic (exact) mass is 234 g/mol. The lowest BCUT2D eigenvalue weighted by molar-refractivity contribution is 0.253. The molecule has 0 saturated carbocycles. The van der Waals surface area contributed by atoms with Crippen LogP contribution in [0.4, 0.5) is 0 Å². The van der Waals surface area contributed by atoms with Gasteiger partial charge >= 0.3 is 0 Å². The summed E-state index contributed by atoms with van der Waals surface area (Å²) >= 11 is 0. The zero-order chi connectivity index (χ0) is 12.1. The quantitative estimate of drug-likeness (QED) is 0.800. The van der Waals surface area contributed by atoms with Crippen LogP contribution in [-0.2, 0) is 0 Å². The molecule has 0 unspecified atom stereocenters. The highest BCUT2D eigenvalue weighted by atomic mass is 16.5. The Labute approximate surface area is 102 Å². The Kier molecular flexibility index (Phi) is 3.93. The number of nitrogens with zero attached hydrogens (tertiary/aromatic N) is 3. The molecular weight excluding hydrogens is 216 g/mol. The number of aliphatic imine (C=N–C) groups is 1. The lowest BCUT2D eigenvalue weighted by Crippen LogP contribution is -2.23. The lowest BCUT2D eigenvalue weighted by Gasteiger charge is -2.13. The Hall–Kier alpha value is -1.62. The van der Waals surface area contributed by atoms with Crippen molar-refractivity contribution in [1.82, 2.24) is 15.2 Å². The van der Waals surface area contributed by atoms with Gasteiger partial charge in [0.2, 0.25) is 5.88 Å². The predicted molar refractivity (Wildman–Crippen MR) is 67.7 cm³/mol. The fraction of sp³-hybridized carbons (Fsp3) is 0.500. The second-order valence-corrected chi connectivity index (χ2v) is 4.16. The predicted octanol–water partition coefficient (Wildman–Crippen LogP) is 0.372. The van der Waals surface area contributed by atoms with Crippen LogP contribution >= 0.6 is 0 Å². The van der Waals surface area contributed by atoms with Gasteiger partial charge in [0, 0.05) is 19.3 Å². The second kappa shape index (κ2) is 5.63. The van der Waals surface area contributed by atoms with Crippen molar-refractivity contribution in [2.24, 2.45) is 4.99 Å². The van der Waals surface area contributed by atoms with Crippen LogP contribution in [0.2, 0.25) is 0 Å². The van der Waals surface area contributed by atoms with Gasteiger partial charge in [-0.15, -0.1) is 0 Å². The van der Waals surface area contributed by atoms with Crippen LogP contribution in [0.1, 0.15) is 5.56 Å². The Morgan fingerprint density at radius 3 is 3.06 bits per heavy atom. The summed E-state index contributed by atoms with van der Waals surface area (Å²) in [5, 5.41) is 3.23. The molecule has 1 aromatic heterocycles. The molecule has 1 aliphatic rings. The summed E-state index contributed by atoms with van der Waals surface area (Å²) in [6.07, 6.45) is 1.74.